The van der Waals surface area contributed by atoms with Crippen molar-refractivity contribution in [3.05, 3.63) is 39.4 Å². The maximum Gasteiger partial charge on any atom is 0.311 e. The number of nitro benzene ring substituents is 1. The third kappa shape index (κ3) is 2.38. The van der Waals surface area contributed by atoms with Crippen molar-refractivity contribution in [2.24, 2.45) is 0 Å². The first-order chi connectivity index (χ1) is 7.90. The standard InChI is InChI=1S/C10H9F2NO4/c1-2-5(10(14)15)8-7(13(16)17)4-3-6(11)9(8)12/h3-5H,2H2,1H3,(H,14,15). The van der Waals surface area contributed by atoms with Gasteiger partial charge in [-0.1, -0.05) is 6.92 Å². The molecule has 0 fully saturated rings. The summed E-state index contributed by atoms with van der Waals surface area (Å²) in [5, 5.41) is 19.5. The van der Waals surface area contributed by atoms with Gasteiger partial charge in [-0.3, -0.25) is 14.9 Å². The zero-order chi connectivity index (χ0) is 13.2. The molecule has 1 N–H and O–H groups in total. The molecular weight excluding hydrogens is 236 g/mol. The maximum atomic E-state index is 13.5. The normalized spacial score (nSPS) is 12.2. The number of carboxylic acids is 1. The zero-order valence-electron chi connectivity index (χ0n) is 8.81. The number of carboxylic acid groups (broad SMARTS) is 1. The van der Waals surface area contributed by atoms with Crippen LogP contribution >= 0.6 is 0 Å². The van der Waals surface area contributed by atoms with Gasteiger partial charge in [-0.2, -0.15) is 0 Å². The molecule has 0 aliphatic heterocycles. The van der Waals surface area contributed by atoms with Crippen LogP contribution in [-0.2, 0) is 4.79 Å². The van der Waals surface area contributed by atoms with Crippen molar-refractivity contribution < 1.29 is 23.6 Å². The number of halogens is 2. The number of hydrogen-bond acceptors (Lipinski definition) is 3. The number of benzene rings is 1. The SMILES string of the molecule is CCC(C(=O)O)c1c([N+](=O)[O-])ccc(F)c1F. The number of nitro groups is 1. The molecule has 0 bridgehead atoms. The second-order valence-corrected chi connectivity index (χ2v) is 3.35. The van der Waals surface area contributed by atoms with E-state index in [1.807, 2.05) is 0 Å². The van der Waals surface area contributed by atoms with Crippen LogP contribution in [0.2, 0.25) is 0 Å². The lowest BCUT2D eigenvalue weighted by atomic mass is 9.94. The molecule has 0 spiro atoms. The van der Waals surface area contributed by atoms with E-state index in [0.29, 0.717) is 6.07 Å². The van der Waals surface area contributed by atoms with Gasteiger partial charge in [0.05, 0.1) is 16.4 Å². The van der Waals surface area contributed by atoms with E-state index in [9.17, 15) is 23.7 Å². The lowest BCUT2D eigenvalue weighted by Gasteiger charge is -2.11. The van der Waals surface area contributed by atoms with Crippen molar-refractivity contribution in [1.29, 1.82) is 0 Å². The first-order valence-corrected chi connectivity index (χ1v) is 4.75. The van der Waals surface area contributed by atoms with Gasteiger partial charge in [0.1, 0.15) is 0 Å². The quantitative estimate of drug-likeness (QED) is 0.652. The van der Waals surface area contributed by atoms with Crippen molar-refractivity contribution in [2.45, 2.75) is 19.3 Å². The summed E-state index contributed by atoms with van der Waals surface area (Å²) in [7, 11) is 0. The lowest BCUT2D eigenvalue weighted by Crippen LogP contribution is -2.15. The van der Waals surface area contributed by atoms with E-state index < -0.39 is 39.7 Å². The summed E-state index contributed by atoms with van der Waals surface area (Å²) in [6.07, 6.45) is -0.0729. The molecule has 1 aromatic carbocycles. The van der Waals surface area contributed by atoms with Crippen LogP contribution in [0.3, 0.4) is 0 Å². The molecule has 1 atom stereocenters. The Morgan fingerprint density at radius 2 is 2.12 bits per heavy atom. The molecule has 1 aromatic rings. The molecule has 0 amide bonds. The van der Waals surface area contributed by atoms with Gasteiger partial charge < -0.3 is 5.11 Å². The monoisotopic (exact) mass is 245 g/mol. The molecule has 1 unspecified atom stereocenters. The highest BCUT2D eigenvalue weighted by Crippen LogP contribution is 2.32. The van der Waals surface area contributed by atoms with Crippen LogP contribution < -0.4 is 0 Å². The van der Waals surface area contributed by atoms with E-state index >= 15 is 0 Å². The molecule has 17 heavy (non-hydrogen) atoms. The average Bonchev–Trinajstić information content (AvgIpc) is 2.24. The van der Waals surface area contributed by atoms with Crippen LogP contribution in [0.15, 0.2) is 12.1 Å². The van der Waals surface area contributed by atoms with Crippen molar-refractivity contribution >= 4 is 11.7 Å². The Bertz CT molecular complexity index is 476. The van der Waals surface area contributed by atoms with E-state index in [1.54, 1.807) is 0 Å². The van der Waals surface area contributed by atoms with Crippen molar-refractivity contribution in [2.75, 3.05) is 0 Å². The second-order valence-electron chi connectivity index (χ2n) is 3.35. The van der Waals surface area contributed by atoms with Gasteiger partial charge in [-0.05, 0) is 12.5 Å². The molecule has 0 aromatic heterocycles. The predicted molar refractivity (Wildman–Crippen MR) is 53.7 cm³/mol. The number of hydrogen-bond donors (Lipinski definition) is 1. The van der Waals surface area contributed by atoms with Gasteiger partial charge in [0.2, 0.25) is 0 Å². The minimum atomic E-state index is -1.48. The van der Waals surface area contributed by atoms with Gasteiger partial charge in [0.15, 0.2) is 11.6 Å². The fourth-order valence-electron chi connectivity index (χ4n) is 1.55. The Morgan fingerprint density at radius 3 is 2.53 bits per heavy atom. The number of carbonyl (C=O) groups is 1. The van der Waals surface area contributed by atoms with E-state index in [4.69, 9.17) is 5.11 Å². The molecule has 0 aliphatic carbocycles. The summed E-state index contributed by atoms with van der Waals surface area (Å²) in [6.45, 7) is 1.42. The fraction of sp³-hybridized carbons (Fsp3) is 0.300. The van der Waals surface area contributed by atoms with Crippen LogP contribution in [0.4, 0.5) is 14.5 Å². The minimum absolute atomic E-state index is 0.0729. The average molecular weight is 245 g/mol. The highest BCUT2D eigenvalue weighted by Gasteiger charge is 2.31. The molecule has 0 heterocycles. The summed E-state index contributed by atoms with van der Waals surface area (Å²) in [5.74, 6) is -5.65. The fourth-order valence-corrected chi connectivity index (χ4v) is 1.55. The first kappa shape index (κ1) is 13.0. The van der Waals surface area contributed by atoms with Gasteiger partial charge in [0.25, 0.3) is 5.69 Å². The van der Waals surface area contributed by atoms with Crippen LogP contribution in [0.25, 0.3) is 0 Å². The predicted octanol–water partition coefficient (Wildman–Crippen LogP) is 2.45. The molecule has 92 valence electrons. The molecule has 0 saturated carbocycles. The smallest absolute Gasteiger partial charge is 0.311 e. The Hall–Kier alpha value is -2.05. The molecule has 5 nitrogen and oxygen atoms in total. The van der Waals surface area contributed by atoms with Crippen molar-refractivity contribution in [1.82, 2.24) is 0 Å². The Labute approximate surface area is 94.8 Å². The molecular formula is C10H9F2NO4. The minimum Gasteiger partial charge on any atom is -0.481 e. The molecule has 0 saturated heterocycles. The zero-order valence-corrected chi connectivity index (χ0v) is 8.81. The third-order valence-electron chi connectivity index (χ3n) is 2.36. The highest BCUT2D eigenvalue weighted by atomic mass is 19.2. The summed E-state index contributed by atoms with van der Waals surface area (Å²) < 4.78 is 26.5. The summed E-state index contributed by atoms with van der Waals surface area (Å²) >= 11 is 0. The topological polar surface area (TPSA) is 80.4 Å². The molecule has 1 rings (SSSR count). The molecule has 0 radical (unpaired) electrons. The van der Waals surface area contributed by atoms with Crippen molar-refractivity contribution in [3.63, 3.8) is 0 Å². The van der Waals surface area contributed by atoms with E-state index in [1.165, 1.54) is 6.92 Å². The van der Waals surface area contributed by atoms with Crippen LogP contribution in [0.1, 0.15) is 24.8 Å². The summed E-state index contributed by atoms with van der Waals surface area (Å²) in [5.41, 5.74) is -1.44. The van der Waals surface area contributed by atoms with E-state index in [2.05, 4.69) is 0 Å². The van der Waals surface area contributed by atoms with E-state index in [0.717, 1.165) is 6.07 Å². The lowest BCUT2D eigenvalue weighted by molar-refractivity contribution is -0.386. The van der Waals surface area contributed by atoms with Crippen LogP contribution in [0.5, 0.6) is 0 Å². The number of nitrogens with zero attached hydrogens (tertiary/aromatic N) is 1. The number of rotatable bonds is 4. The Balaban J connectivity index is 3.51. The van der Waals surface area contributed by atoms with Gasteiger partial charge in [0, 0.05) is 6.07 Å². The summed E-state index contributed by atoms with van der Waals surface area (Å²) in [4.78, 5) is 20.6. The largest absolute Gasteiger partial charge is 0.481 e. The van der Waals surface area contributed by atoms with Crippen LogP contribution in [-0.4, -0.2) is 16.0 Å². The maximum absolute atomic E-state index is 13.5. The molecule has 7 heteroatoms. The van der Waals surface area contributed by atoms with Gasteiger partial charge >= 0.3 is 5.97 Å². The van der Waals surface area contributed by atoms with Gasteiger partial charge in [-0.15, -0.1) is 0 Å². The highest BCUT2D eigenvalue weighted by molar-refractivity contribution is 5.78. The second kappa shape index (κ2) is 4.86. The third-order valence-corrected chi connectivity index (χ3v) is 2.36. The van der Waals surface area contributed by atoms with Gasteiger partial charge in [-0.25, -0.2) is 8.78 Å². The van der Waals surface area contributed by atoms with Crippen LogP contribution in [0, 0.1) is 21.7 Å². The summed E-state index contributed by atoms with van der Waals surface area (Å²) in [6, 6.07) is 1.37. The number of aliphatic carboxylic acids is 1. The van der Waals surface area contributed by atoms with Crippen molar-refractivity contribution in [3.8, 4) is 0 Å². The van der Waals surface area contributed by atoms with E-state index in [-0.39, 0.29) is 6.42 Å². The Kier molecular flexibility index (Phi) is 3.72. The Morgan fingerprint density at radius 1 is 1.53 bits per heavy atom. The molecule has 0 aliphatic rings. The first-order valence-electron chi connectivity index (χ1n) is 4.75.